The van der Waals surface area contributed by atoms with Gasteiger partial charge in [-0.05, 0) is 31.2 Å². The van der Waals surface area contributed by atoms with Gasteiger partial charge < -0.3 is 24.0 Å². The number of anilines is 1. The van der Waals surface area contributed by atoms with Gasteiger partial charge in [-0.3, -0.25) is 5.41 Å². The molecule has 0 fully saturated rings. The lowest BCUT2D eigenvalue weighted by Gasteiger charge is -2.21. The van der Waals surface area contributed by atoms with E-state index in [9.17, 15) is 5.11 Å². The van der Waals surface area contributed by atoms with Gasteiger partial charge in [-0.2, -0.15) is 0 Å². The molecule has 2 N–H and O–H groups in total. The number of nitrogens with zero attached hydrogens (tertiary/aromatic N) is 3. The molecule has 0 spiro atoms. The predicted octanol–water partition coefficient (Wildman–Crippen LogP) is 3.75. The van der Waals surface area contributed by atoms with Gasteiger partial charge in [0, 0.05) is 13.1 Å². The van der Waals surface area contributed by atoms with Gasteiger partial charge in [0.2, 0.25) is 0 Å². The first-order valence-corrected chi connectivity index (χ1v) is 9.06. The number of fused-ring (bicyclic) bond motifs is 1. The molecule has 0 saturated heterocycles. The zero-order valence-corrected chi connectivity index (χ0v) is 16.1. The molecule has 1 aromatic heterocycles. The minimum absolute atomic E-state index is 0.113. The lowest BCUT2D eigenvalue weighted by molar-refractivity contribution is 0.341. The van der Waals surface area contributed by atoms with Gasteiger partial charge in [0.15, 0.2) is 0 Å². The maximum Gasteiger partial charge on any atom is 0.148 e. The van der Waals surface area contributed by atoms with Crippen molar-refractivity contribution in [1.29, 1.82) is 5.41 Å². The van der Waals surface area contributed by atoms with Crippen molar-refractivity contribution in [2.24, 2.45) is 7.05 Å². The zero-order valence-electron chi connectivity index (χ0n) is 16.1. The molecule has 1 aliphatic rings. The number of aliphatic hydroxyl groups excluding tert-OH is 1. The summed E-state index contributed by atoms with van der Waals surface area (Å²) < 4.78 is 12.9. The lowest BCUT2D eigenvalue weighted by atomic mass is 10.2. The molecule has 2 heterocycles. The molecule has 0 radical (unpaired) electrons. The van der Waals surface area contributed by atoms with Crippen LogP contribution in [-0.2, 0) is 7.05 Å². The van der Waals surface area contributed by atoms with E-state index >= 15 is 0 Å². The number of aryl methyl sites for hydroxylation is 1. The van der Waals surface area contributed by atoms with Gasteiger partial charge in [-0.1, -0.05) is 12.1 Å². The molecule has 0 aliphatic carbocycles. The van der Waals surface area contributed by atoms with Crippen LogP contribution in [0.5, 0.6) is 11.5 Å². The fourth-order valence-corrected chi connectivity index (χ4v) is 3.51. The minimum atomic E-state index is 0.113. The summed E-state index contributed by atoms with van der Waals surface area (Å²) in [5, 5.41) is 19.4. The first-order valence-electron chi connectivity index (χ1n) is 9.06. The molecule has 0 saturated carbocycles. The number of benzene rings is 2. The SMILES string of the molecule is CCOc1ccccc1N1CC(O)=C(c2nc3cc(OC)ccc3n2C)C1=N. The van der Waals surface area contributed by atoms with Crippen molar-refractivity contribution in [2.45, 2.75) is 6.92 Å². The third-order valence-electron chi connectivity index (χ3n) is 4.87. The number of para-hydroxylation sites is 2. The number of amidine groups is 1. The second-order valence-electron chi connectivity index (χ2n) is 6.51. The third kappa shape index (κ3) is 2.76. The number of rotatable bonds is 5. The number of methoxy groups -OCH3 is 1. The molecule has 3 aromatic rings. The molecule has 2 aromatic carbocycles. The van der Waals surface area contributed by atoms with Crippen LogP contribution in [0, 0.1) is 5.41 Å². The molecule has 0 bridgehead atoms. The van der Waals surface area contributed by atoms with Gasteiger partial charge in [0.25, 0.3) is 0 Å². The van der Waals surface area contributed by atoms with Crippen LogP contribution in [0.25, 0.3) is 16.6 Å². The van der Waals surface area contributed by atoms with Crippen LogP contribution in [0.4, 0.5) is 5.69 Å². The van der Waals surface area contributed by atoms with Crippen molar-refractivity contribution in [2.75, 3.05) is 25.2 Å². The van der Waals surface area contributed by atoms with E-state index in [0.717, 1.165) is 16.7 Å². The molecular formula is C21H22N4O3. The van der Waals surface area contributed by atoms with Crippen LogP contribution in [0.15, 0.2) is 48.2 Å². The van der Waals surface area contributed by atoms with E-state index in [1.807, 2.05) is 61.0 Å². The Bertz CT molecular complexity index is 1100. The highest BCUT2D eigenvalue weighted by Crippen LogP contribution is 2.36. The third-order valence-corrected chi connectivity index (χ3v) is 4.87. The standard InChI is InChI=1S/C21H22N4O3/c1-4-28-18-8-6-5-7-16(18)25-12-17(26)19(20(25)22)21-23-14-11-13(27-3)9-10-15(14)24(21)2/h5-11,22,26H,4,12H2,1-3H3. The monoisotopic (exact) mass is 378 g/mol. The number of hydrogen-bond acceptors (Lipinski definition) is 5. The highest BCUT2D eigenvalue weighted by molar-refractivity contribution is 6.30. The van der Waals surface area contributed by atoms with E-state index in [1.165, 1.54) is 0 Å². The Kier molecular flexibility index (Phi) is 4.43. The van der Waals surface area contributed by atoms with E-state index in [1.54, 1.807) is 12.0 Å². The number of hydrogen-bond donors (Lipinski definition) is 2. The fourth-order valence-electron chi connectivity index (χ4n) is 3.51. The van der Waals surface area contributed by atoms with E-state index in [4.69, 9.17) is 14.9 Å². The first kappa shape index (κ1) is 17.9. The average molecular weight is 378 g/mol. The van der Waals surface area contributed by atoms with Crippen molar-refractivity contribution >= 4 is 28.1 Å². The van der Waals surface area contributed by atoms with Crippen LogP contribution in [-0.4, -0.2) is 40.8 Å². The second kappa shape index (κ2) is 6.92. The van der Waals surface area contributed by atoms with E-state index < -0.39 is 0 Å². The Morgan fingerprint density at radius 2 is 2.00 bits per heavy atom. The van der Waals surface area contributed by atoms with E-state index in [2.05, 4.69) is 4.98 Å². The largest absolute Gasteiger partial charge is 0.509 e. The van der Waals surface area contributed by atoms with Crippen LogP contribution in [0.1, 0.15) is 12.7 Å². The zero-order chi connectivity index (χ0) is 19.8. The number of imidazole rings is 1. The maximum atomic E-state index is 10.7. The smallest absolute Gasteiger partial charge is 0.148 e. The quantitative estimate of drug-likeness (QED) is 0.706. The summed E-state index contributed by atoms with van der Waals surface area (Å²) in [5.74, 6) is 2.24. The molecule has 0 atom stereocenters. The summed E-state index contributed by atoms with van der Waals surface area (Å²) in [7, 11) is 3.49. The molecule has 144 valence electrons. The topological polar surface area (TPSA) is 83.6 Å². The molecule has 28 heavy (non-hydrogen) atoms. The van der Waals surface area contributed by atoms with Crippen molar-refractivity contribution in [3.63, 3.8) is 0 Å². The van der Waals surface area contributed by atoms with Crippen LogP contribution in [0.2, 0.25) is 0 Å². The highest BCUT2D eigenvalue weighted by atomic mass is 16.5. The van der Waals surface area contributed by atoms with Crippen LogP contribution < -0.4 is 14.4 Å². The molecule has 0 amide bonds. The average Bonchev–Trinajstić information content (AvgIpc) is 3.17. The summed E-state index contributed by atoms with van der Waals surface area (Å²) in [6.45, 7) is 2.64. The van der Waals surface area contributed by atoms with Gasteiger partial charge in [-0.15, -0.1) is 0 Å². The molecule has 7 heteroatoms. The molecule has 7 nitrogen and oxygen atoms in total. The van der Waals surface area contributed by atoms with Crippen LogP contribution in [0.3, 0.4) is 0 Å². The Hall–Kier alpha value is -3.48. The first-order chi connectivity index (χ1) is 13.5. The van der Waals surface area contributed by atoms with Crippen molar-refractivity contribution in [3.8, 4) is 11.5 Å². The van der Waals surface area contributed by atoms with Gasteiger partial charge in [0.1, 0.15) is 28.9 Å². The Labute approximate surface area is 162 Å². The maximum absolute atomic E-state index is 10.7. The normalized spacial score (nSPS) is 14.2. The van der Waals surface area contributed by atoms with Crippen LogP contribution >= 0.6 is 0 Å². The van der Waals surface area contributed by atoms with Crippen molar-refractivity contribution in [1.82, 2.24) is 9.55 Å². The number of aliphatic hydroxyl groups is 1. The summed E-state index contributed by atoms with van der Waals surface area (Å²) in [6.07, 6.45) is 0. The number of nitrogens with one attached hydrogen (secondary N) is 1. The predicted molar refractivity (Wildman–Crippen MR) is 109 cm³/mol. The Morgan fingerprint density at radius 3 is 2.75 bits per heavy atom. The summed E-state index contributed by atoms with van der Waals surface area (Å²) in [6, 6.07) is 13.2. The number of aromatic nitrogens is 2. The van der Waals surface area contributed by atoms with Crippen molar-refractivity contribution in [3.05, 3.63) is 54.0 Å². The molecule has 0 unspecified atom stereocenters. The van der Waals surface area contributed by atoms with Gasteiger partial charge in [0.05, 0.1) is 42.6 Å². The molecular weight excluding hydrogens is 356 g/mol. The highest BCUT2D eigenvalue weighted by Gasteiger charge is 2.33. The number of ether oxygens (including phenoxy) is 2. The Balaban J connectivity index is 1.76. The second-order valence-corrected chi connectivity index (χ2v) is 6.51. The molecule has 1 aliphatic heterocycles. The van der Waals surface area contributed by atoms with Gasteiger partial charge >= 0.3 is 0 Å². The van der Waals surface area contributed by atoms with Gasteiger partial charge in [-0.25, -0.2) is 4.98 Å². The van der Waals surface area contributed by atoms with E-state index in [0.29, 0.717) is 29.5 Å². The lowest BCUT2D eigenvalue weighted by Crippen LogP contribution is -2.27. The Morgan fingerprint density at radius 1 is 1.21 bits per heavy atom. The van der Waals surface area contributed by atoms with Crippen molar-refractivity contribution < 1.29 is 14.6 Å². The minimum Gasteiger partial charge on any atom is -0.509 e. The molecule has 4 rings (SSSR count). The summed E-state index contributed by atoms with van der Waals surface area (Å²) in [5.41, 5.74) is 2.82. The fraction of sp³-hybridized carbons (Fsp3) is 0.238. The summed E-state index contributed by atoms with van der Waals surface area (Å²) >= 11 is 0. The van der Waals surface area contributed by atoms with E-state index in [-0.39, 0.29) is 18.1 Å². The summed E-state index contributed by atoms with van der Waals surface area (Å²) in [4.78, 5) is 6.39.